The van der Waals surface area contributed by atoms with Crippen molar-refractivity contribution in [3.05, 3.63) is 48.3 Å². The summed E-state index contributed by atoms with van der Waals surface area (Å²) in [4.78, 5) is 2.39. The molecule has 2 rings (SSSR count). The zero-order chi connectivity index (χ0) is 15.8. The molecule has 1 aromatic rings. The molecular formula is C17H27N2O2P. The van der Waals surface area contributed by atoms with E-state index >= 15 is 0 Å². The van der Waals surface area contributed by atoms with Gasteiger partial charge in [0, 0.05) is 18.9 Å². The van der Waals surface area contributed by atoms with Crippen molar-refractivity contribution >= 4 is 8.53 Å². The fourth-order valence-electron chi connectivity index (χ4n) is 2.61. The van der Waals surface area contributed by atoms with E-state index in [0.717, 1.165) is 19.4 Å². The van der Waals surface area contributed by atoms with Gasteiger partial charge in [0.05, 0.1) is 13.2 Å². The third-order valence-electron chi connectivity index (χ3n) is 3.63. The zero-order valence-electron chi connectivity index (χ0n) is 13.8. The van der Waals surface area contributed by atoms with Gasteiger partial charge in [-0.05, 0) is 32.3 Å². The molecule has 122 valence electrons. The quantitative estimate of drug-likeness (QED) is 0.631. The molecule has 0 N–H and O–H groups in total. The van der Waals surface area contributed by atoms with E-state index in [9.17, 15) is 0 Å². The average molecular weight is 322 g/mol. The van der Waals surface area contributed by atoms with Crippen LogP contribution in [0.1, 0.15) is 32.8 Å². The van der Waals surface area contributed by atoms with Crippen LogP contribution < -0.4 is 0 Å². The lowest BCUT2D eigenvalue weighted by molar-refractivity contribution is 0.165. The first-order valence-corrected chi connectivity index (χ1v) is 9.25. The molecule has 1 unspecified atom stereocenters. The van der Waals surface area contributed by atoms with Crippen LogP contribution in [0, 0.1) is 0 Å². The van der Waals surface area contributed by atoms with Crippen LogP contribution in [-0.2, 0) is 15.5 Å². The second kappa shape index (κ2) is 9.14. The van der Waals surface area contributed by atoms with Crippen molar-refractivity contribution in [3.63, 3.8) is 0 Å². The van der Waals surface area contributed by atoms with Gasteiger partial charge in [0.2, 0.25) is 0 Å². The number of nitrogens with zero attached hydrogens (tertiary/aromatic N) is 2. The molecule has 22 heavy (non-hydrogen) atoms. The van der Waals surface area contributed by atoms with Gasteiger partial charge in [-0.2, -0.15) is 0 Å². The van der Waals surface area contributed by atoms with E-state index in [-0.39, 0.29) is 0 Å². The van der Waals surface area contributed by atoms with Crippen LogP contribution in [0.15, 0.2) is 42.7 Å². The van der Waals surface area contributed by atoms with Crippen LogP contribution >= 0.6 is 8.53 Å². The summed E-state index contributed by atoms with van der Waals surface area (Å²) in [5.41, 5.74) is 1.38. The van der Waals surface area contributed by atoms with Crippen molar-refractivity contribution in [2.75, 3.05) is 19.8 Å². The Labute approximate surface area is 135 Å². The molecule has 0 fully saturated rings. The number of hydrogen-bond donors (Lipinski definition) is 0. The third kappa shape index (κ3) is 4.45. The van der Waals surface area contributed by atoms with Crippen LogP contribution in [0.3, 0.4) is 0 Å². The van der Waals surface area contributed by atoms with E-state index in [2.05, 4.69) is 59.2 Å². The minimum absolute atomic E-state index is 0.327. The molecule has 1 aliphatic heterocycles. The van der Waals surface area contributed by atoms with E-state index in [1.54, 1.807) is 0 Å². The molecule has 1 atom stereocenters. The van der Waals surface area contributed by atoms with Crippen LogP contribution in [0.25, 0.3) is 0 Å². The first-order chi connectivity index (χ1) is 10.8. The summed E-state index contributed by atoms with van der Waals surface area (Å²) in [5, 5.41) is 0. The molecule has 0 spiro atoms. The smallest absolute Gasteiger partial charge is 0.291 e. The molecule has 0 radical (unpaired) electrons. The lowest BCUT2D eigenvalue weighted by atomic mass is 10.1. The van der Waals surface area contributed by atoms with Gasteiger partial charge in [-0.1, -0.05) is 37.3 Å². The highest BCUT2D eigenvalue weighted by molar-refractivity contribution is 7.44. The normalized spacial score (nSPS) is 17.7. The molecule has 0 aliphatic carbocycles. The summed E-state index contributed by atoms with van der Waals surface area (Å²) in [6.45, 7) is 8.61. The Morgan fingerprint density at radius 2 is 1.68 bits per heavy atom. The first-order valence-electron chi connectivity index (χ1n) is 8.12. The van der Waals surface area contributed by atoms with Crippen molar-refractivity contribution in [1.82, 2.24) is 9.57 Å². The maximum absolute atomic E-state index is 5.80. The highest BCUT2D eigenvalue weighted by Gasteiger charge is 2.32. The van der Waals surface area contributed by atoms with E-state index in [0.29, 0.717) is 19.4 Å². The Hall–Kier alpha value is -1.09. The Morgan fingerprint density at radius 3 is 2.27 bits per heavy atom. The highest BCUT2D eigenvalue weighted by Crippen LogP contribution is 2.47. The summed E-state index contributed by atoms with van der Waals surface area (Å²) in [6.07, 6.45) is 6.71. The average Bonchev–Trinajstić information content (AvgIpc) is 2.96. The second-order valence-electron chi connectivity index (χ2n) is 5.11. The minimum Gasteiger partial charge on any atom is -0.355 e. The molecule has 4 nitrogen and oxygen atoms in total. The maximum atomic E-state index is 5.80. The molecule has 0 saturated heterocycles. The van der Waals surface area contributed by atoms with Crippen molar-refractivity contribution < 1.29 is 9.05 Å². The maximum Gasteiger partial charge on any atom is 0.291 e. The van der Waals surface area contributed by atoms with Crippen molar-refractivity contribution in [2.24, 2.45) is 0 Å². The van der Waals surface area contributed by atoms with Crippen molar-refractivity contribution in [1.29, 1.82) is 0 Å². The van der Waals surface area contributed by atoms with E-state index in [4.69, 9.17) is 9.05 Å². The van der Waals surface area contributed by atoms with Gasteiger partial charge < -0.3 is 13.9 Å². The number of hydrogen-bond acceptors (Lipinski definition) is 4. The summed E-state index contributed by atoms with van der Waals surface area (Å²) in [7, 11) is -0.994. The predicted octanol–water partition coefficient (Wildman–Crippen LogP) is 4.35. The van der Waals surface area contributed by atoms with Gasteiger partial charge in [-0.25, -0.2) is 0 Å². The van der Waals surface area contributed by atoms with Crippen LogP contribution in [0.2, 0.25) is 0 Å². The Balaban J connectivity index is 1.95. The lowest BCUT2D eigenvalue weighted by Crippen LogP contribution is -2.37. The fraction of sp³-hybridized carbons (Fsp3) is 0.529. The molecule has 1 heterocycles. The van der Waals surface area contributed by atoms with Crippen LogP contribution in [-0.4, -0.2) is 35.5 Å². The molecule has 0 aromatic heterocycles. The largest absolute Gasteiger partial charge is 0.355 e. The standard InChI is InChI=1S/C17H27N2O2P/c1-4-17-18(13-12-16-10-8-7-9-11-16)14-15-19(17)22(20-5-2)21-6-3/h7-11,14-15,17H,4-6,12-13H2,1-3H3. The molecule has 0 amide bonds. The van der Waals surface area contributed by atoms with Crippen molar-refractivity contribution in [3.8, 4) is 0 Å². The Bertz CT molecular complexity index is 449. The van der Waals surface area contributed by atoms with E-state index < -0.39 is 8.53 Å². The van der Waals surface area contributed by atoms with Crippen LogP contribution in [0.4, 0.5) is 0 Å². The highest BCUT2D eigenvalue weighted by atomic mass is 31.2. The molecule has 5 heteroatoms. The Kier molecular flexibility index (Phi) is 7.17. The monoisotopic (exact) mass is 322 g/mol. The van der Waals surface area contributed by atoms with Gasteiger partial charge >= 0.3 is 0 Å². The van der Waals surface area contributed by atoms with Crippen molar-refractivity contribution in [2.45, 2.75) is 39.8 Å². The number of rotatable bonds is 9. The topological polar surface area (TPSA) is 24.9 Å². The first kappa shape index (κ1) is 17.3. The van der Waals surface area contributed by atoms with E-state index in [1.807, 2.05) is 13.8 Å². The molecule has 1 aromatic carbocycles. The SMILES string of the molecule is CCOP(OCC)N1C=CN(CCc2ccccc2)C1CC. The van der Waals surface area contributed by atoms with Gasteiger partial charge in [-0.3, -0.25) is 4.67 Å². The predicted molar refractivity (Wildman–Crippen MR) is 92.1 cm³/mol. The fourth-order valence-corrected chi connectivity index (χ4v) is 4.07. The van der Waals surface area contributed by atoms with Gasteiger partial charge in [0.15, 0.2) is 0 Å². The number of benzene rings is 1. The van der Waals surface area contributed by atoms with Crippen LogP contribution in [0.5, 0.6) is 0 Å². The van der Waals surface area contributed by atoms with Gasteiger partial charge in [-0.15, -0.1) is 0 Å². The molecule has 1 aliphatic rings. The summed E-state index contributed by atoms with van der Waals surface area (Å²) in [6, 6.07) is 10.6. The second-order valence-corrected chi connectivity index (χ2v) is 6.57. The molecule has 0 bridgehead atoms. The molecule has 0 saturated carbocycles. The summed E-state index contributed by atoms with van der Waals surface area (Å²) >= 11 is 0. The molecular weight excluding hydrogens is 295 g/mol. The zero-order valence-corrected chi connectivity index (χ0v) is 14.7. The van der Waals surface area contributed by atoms with E-state index in [1.165, 1.54) is 5.56 Å². The van der Waals surface area contributed by atoms with Gasteiger partial charge in [0.1, 0.15) is 6.17 Å². The minimum atomic E-state index is -0.994. The lowest BCUT2D eigenvalue weighted by Gasteiger charge is -2.35. The summed E-state index contributed by atoms with van der Waals surface area (Å²) in [5.74, 6) is 0. The third-order valence-corrected chi connectivity index (χ3v) is 5.37. The Morgan fingerprint density at radius 1 is 1.00 bits per heavy atom. The summed E-state index contributed by atoms with van der Waals surface area (Å²) < 4.78 is 13.8. The van der Waals surface area contributed by atoms with Gasteiger partial charge in [0.25, 0.3) is 8.53 Å².